The fourth-order valence-electron chi connectivity index (χ4n) is 5.05. The highest BCUT2D eigenvalue weighted by Crippen LogP contribution is 2.38. The molecule has 2 aliphatic rings. The van der Waals surface area contributed by atoms with E-state index in [-0.39, 0.29) is 5.91 Å². The molecule has 4 aromatic rings. The van der Waals surface area contributed by atoms with Gasteiger partial charge in [-0.05, 0) is 54.5 Å². The summed E-state index contributed by atoms with van der Waals surface area (Å²) < 4.78 is 0. The summed E-state index contributed by atoms with van der Waals surface area (Å²) in [7, 11) is 0. The second kappa shape index (κ2) is 9.06. The number of hydrogen-bond acceptors (Lipinski definition) is 6. The molecular weight excluding hydrogens is 460 g/mol. The van der Waals surface area contributed by atoms with Crippen LogP contribution in [0.15, 0.2) is 47.2 Å². The van der Waals surface area contributed by atoms with Gasteiger partial charge < -0.3 is 4.90 Å². The fourth-order valence-corrected chi connectivity index (χ4v) is 6.33. The van der Waals surface area contributed by atoms with Crippen LogP contribution in [0.2, 0.25) is 0 Å². The molecule has 6 rings (SSSR count). The molecule has 0 N–H and O–H groups in total. The largest absolute Gasteiger partial charge is 0.336 e. The van der Waals surface area contributed by atoms with Crippen molar-refractivity contribution >= 4 is 51.1 Å². The zero-order valence-corrected chi connectivity index (χ0v) is 20.8. The highest BCUT2D eigenvalue weighted by atomic mass is 32.1. The third-order valence-corrected chi connectivity index (χ3v) is 8.37. The first-order valence-electron chi connectivity index (χ1n) is 11.7. The maximum absolute atomic E-state index is 13.9. The number of thiophene rings is 1. The molecule has 1 saturated heterocycles. The molecule has 0 saturated carbocycles. The maximum atomic E-state index is 13.9. The Labute approximate surface area is 207 Å². The van der Waals surface area contributed by atoms with E-state index >= 15 is 0 Å². The van der Waals surface area contributed by atoms with Crippen LogP contribution in [0.25, 0.3) is 22.6 Å². The van der Waals surface area contributed by atoms with Crippen molar-refractivity contribution in [3.8, 4) is 0 Å². The summed E-state index contributed by atoms with van der Waals surface area (Å²) in [6.45, 7) is 6.13. The second-order valence-electron chi connectivity index (χ2n) is 8.94. The quantitative estimate of drug-likeness (QED) is 0.382. The molecule has 4 heterocycles. The molecule has 1 amide bonds. The summed E-state index contributed by atoms with van der Waals surface area (Å²) in [6, 6.07) is 12.3. The molecule has 1 aromatic carbocycles. The normalized spacial score (nSPS) is 17.6. The van der Waals surface area contributed by atoms with Gasteiger partial charge in [-0.3, -0.25) is 9.69 Å². The monoisotopic (exact) mass is 486 g/mol. The zero-order chi connectivity index (χ0) is 23.1. The molecule has 0 unspecified atom stereocenters. The molecule has 3 aromatic heterocycles. The van der Waals surface area contributed by atoms with Gasteiger partial charge in [0.15, 0.2) is 0 Å². The maximum Gasteiger partial charge on any atom is 0.254 e. The van der Waals surface area contributed by atoms with Crippen molar-refractivity contribution in [1.82, 2.24) is 19.8 Å². The van der Waals surface area contributed by atoms with Crippen molar-refractivity contribution in [2.75, 3.05) is 26.2 Å². The van der Waals surface area contributed by atoms with E-state index in [2.05, 4.69) is 44.9 Å². The molecule has 0 spiro atoms. The molecule has 0 radical (unpaired) electrons. The Balaban J connectivity index is 1.29. The summed E-state index contributed by atoms with van der Waals surface area (Å²) >= 11 is 3.43. The lowest BCUT2D eigenvalue weighted by Gasteiger charge is -2.35. The number of hydrogen-bond donors (Lipinski definition) is 0. The number of benzene rings is 1. The van der Waals surface area contributed by atoms with E-state index in [9.17, 15) is 4.79 Å². The van der Waals surface area contributed by atoms with Crippen molar-refractivity contribution in [2.45, 2.75) is 26.3 Å². The Hall–Kier alpha value is -2.87. The standard InChI is InChI=1S/C27H26N4OS2/c1-18-28-20(17-34-18)16-30-10-12-31(13-11-30)27(32)25-22-6-2-3-7-24(22)29-26-19(8-9-23(25)26)15-21-5-4-14-33-21/h2-7,14-15,17H,8-13,16H2,1H3/b19-15-. The Morgan fingerprint density at radius 2 is 1.88 bits per heavy atom. The van der Waals surface area contributed by atoms with Crippen LogP contribution in [0, 0.1) is 6.92 Å². The van der Waals surface area contributed by atoms with Crippen LogP contribution in [-0.4, -0.2) is 51.9 Å². The van der Waals surface area contributed by atoms with E-state index in [1.54, 1.807) is 22.7 Å². The lowest BCUT2D eigenvalue weighted by atomic mass is 9.99. The van der Waals surface area contributed by atoms with Crippen LogP contribution in [0.1, 0.15) is 43.6 Å². The summed E-state index contributed by atoms with van der Waals surface area (Å²) in [4.78, 5) is 29.2. The Kier molecular flexibility index (Phi) is 5.77. The van der Waals surface area contributed by atoms with Crippen LogP contribution >= 0.6 is 22.7 Å². The van der Waals surface area contributed by atoms with Crippen LogP contribution in [0.3, 0.4) is 0 Å². The van der Waals surface area contributed by atoms with Crippen molar-refractivity contribution in [1.29, 1.82) is 0 Å². The number of nitrogens with zero attached hydrogens (tertiary/aromatic N) is 4. The topological polar surface area (TPSA) is 49.3 Å². The van der Waals surface area contributed by atoms with E-state index in [0.717, 1.165) is 84.0 Å². The average molecular weight is 487 g/mol. The van der Waals surface area contributed by atoms with Crippen LogP contribution in [0.4, 0.5) is 0 Å². The number of carbonyl (C=O) groups excluding carboxylic acids is 1. The van der Waals surface area contributed by atoms with E-state index in [0.29, 0.717) is 0 Å². The summed E-state index contributed by atoms with van der Waals surface area (Å²) in [5, 5.41) is 6.32. The number of fused-ring (bicyclic) bond motifs is 2. The second-order valence-corrected chi connectivity index (χ2v) is 11.0. The lowest BCUT2D eigenvalue weighted by molar-refractivity contribution is 0.0628. The van der Waals surface area contributed by atoms with Crippen LogP contribution < -0.4 is 0 Å². The molecule has 34 heavy (non-hydrogen) atoms. The van der Waals surface area contributed by atoms with Crippen molar-refractivity contribution in [3.63, 3.8) is 0 Å². The summed E-state index contributed by atoms with van der Waals surface area (Å²) in [6.07, 6.45) is 4.04. The number of allylic oxidation sites excluding steroid dienone is 1. The Bertz CT molecular complexity index is 1380. The average Bonchev–Trinajstić information content (AvgIpc) is 3.61. The van der Waals surface area contributed by atoms with E-state index in [1.165, 1.54) is 10.5 Å². The van der Waals surface area contributed by atoms with Gasteiger partial charge in [-0.2, -0.15) is 0 Å². The first-order valence-corrected chi connectivity index (χ1v) is 13.5. The molecular formula is C27H26N4OS2. The van der Waals surface area contributed by atoms with E-state index in [1.807, 2.05) is 30.0 Å². The molecule has 1 fully saturated rings. The SMILES string of the molecule is Cc1nc(CN2CCN(C(=O)c3c4c(nc5ccccc35)/C(=C\c3cccs3)CC4)CC2)cs1. The van der Waals surface area contributed by atoms with Gasteiger partial charge in [-0.1, -0.05) is 24.3 Å². The number of carbonyl (C=O) groups is 1. The first kappa shape index (κ1) is 21.6. The third kappa shape index (κ3) is 4.08. The minimum atomic E-state index is 0.149. The smallest absolute Gasteiger partial charge is 0.254 e. The molecule has 0 atom stereocenters. The molecule has 5 nitrogen and oxygen atoms in total. The fraction of sp³-hybridized carbons (Fsp3) is 0.296. The van der Waals surface area contributed by atoms with Gasteiger partial charge in [0.25, 0.3) is 5.91 Å². The van der Waals surface area contributed by atoms with Gasteiger partial charge in [0.05, 0.1) is 27.5 Å². The van der Waals surface area contributed by atoms with Gasteiger partial charge in [-0.15, -0.1) is 22.7 Å². The molecule has 1 aliphatic carbocycles. The summed E-state index contributed by atoms with van der Waals surface area (Å²) in [5.41, 5.74) is 6.26. The molecule has 0 bridgehead atoms. The van der Waals surface area contributed by atoms with E-state index < -0.39 is 0 Å². The van der Waals surface area contributed by atoms with Crippen LogP contribution in [0.5, 0.6) is 0 Å². The van der Waals surface area contributed by atoms with Gasteiger partial charge in [-0.25, -0.2) is 9.97 Å². The number of aromatic nitrogens is 2. The first-order chi connectivity index (χ1) is 16.7. The van der Waals surface area contributed by atoms with Crippen LogP contribution in [-0.2, 0) is 13.0 Å². The van der Waals surface area contributed by atoms with Crippen molar-refractivity contribution in [2.24, 2.45) is 0 Å². The van der Waals surface area contributed by atoms with Gasteiger partial charge in [0.1, 0.15) is 0 Å². The number of rotatable bonds is 4. The predicted molar refractivity (Wildman–Crippen MR) is 140 cm³/mol. The number of aryl methyl sites for hydroxylation is 1. The molecule has 1 aliphatic heterocycles. The minimum absolute atomic E-state index is 0.149. The van der Waals surface area contributed by atoms with Crippen molar-refractivity contribution in [3.05, 3.63) is 79.6 Å². The highest BCUT2D eigenvalue weighted by molar-refractivity contribution is 7.11. The number of piperazine rings is 1. The number of amides is 1. The Morgan fingerprint density at radius 3 is 2.65 bits per heavy atom. The number of thiazole rings is 1. The molecule has 172 valence electrons. The van der Waals surface area contributed by atoms with Gasteiger partial charge >= 0.3 is 0 Å². The number of pyridine rings is 1. The lowest BCUT2D eigenvalue weighted by Crippen LogP contribution is -2.48. The summed E-state index contributed by atoms with van der Waals surface area (Å²) in [5.74, 6) is 0.149. The molecule has 7 heteroatoms. The van der Waals surface area contributed by atoms with E-state index in [4.69, 9.17) is 4.98 Å². The van der Waals surface area contributed by atoms with Gasteiger partial charge in [0, 0.05) is 48.4 Å². The third-order valence-electron chi connectivity index (χ3n) is 6.73. The zero-order valence-electron chi connectivity index (χ0n) is 19.2. The predicted octanol–water partition coefficient (Wildman–Crippen LogP) is 5.51. The number of para-hydroxylation sites is 1. The van der Waals surface area contributed by atoms with Crippen molar-refractivity contribution < 1.29 is 4.79 Å². The van der Waals surface area contributed by atoms with Gasteiger partial charge in [0.2, 0.25) is 0 Å². The highest BCUT2D eigenvalue weighted by Gasteiger charge is 2.30. The Morgan fingerprint density at radius 1 is 1.03 bits per heavy atom. The minimum Gasteiger partial charge on any atom is -0.336 e.